The first kappa shape index (κ1) is 21.3. The number of nitrogens with zero attached hydrogens (tertiary/aromatic N) is 4. The molecule has 0 bridgehead atoms. The van der Waals surface area contributed by atoms with Gasteiger partial charge in [-0.2, -0.15) is 5.10 Å². The molecule has 0 unspecified atom stereocenters. The predicted molar refractivity (Wildman–Crippen MR) is 124 cm³/mol. The molecule has 162 valence electrons. The molecule has 0 atom stereocenters. The third kappa shape index (κ3) is 4.52. The van der Waals surface area contributed by atoms with Gasteiger partial charge in [-0.05, 0) is 30.3 Å². The van der Waals surface area contributed by atoms with Crippen LogP contribution in [0.25, 0.3) is 22.5 Å². The Morgan fingerprint density at radius 1 is 1.06 bits per heavy atom. The van der Waals surface area contributed by atoms with Crippen LogP contribution >= 0.6 is 11.3 Å². The zero-order valence-electron chi connectivity index (χ0n) is 17.6. The van der Waals surface area contributed by atoms with Gasteiger partial charge in [-0.3, -0.25) is 20.0 Å². The van der Waals surface area contributed by atoms with Crippen molar-refractivity contribution >= 4 is 17.2 Å². The van der Waals surface area contributed by atoms with Crippen LogP contribution in [0.1, 0.15) is 0 Å². The number of hydrogen-bond acceptors (Lipinski definition) is 6. The standard InChI is InChI=1S/C23H21N5O3S/c1-24-23-28(20(15-32-23)17-8-10-18(31-2)11-9-17)26-21(29)14-27-22(30)13-12-19(25-27)16-6-4-3-5-7-16/h3-13,15H,14H2,1-2H3,(H,26,29). The molecule has 32 heavy (non-hydrogen) atoms. The minimum absolute atomic E-state index is 0.229. The number of benzene rings is 2. The molecule has 2 aromatic heterocycles. The highest BCUT2D eigenvalue weighted by atomic mass is 32.1. The lowest BCUT2D eigenvalue weighted by molar-refractivity contribution is -0.117. The van der Waals surface area contributed by atoms with E-state index in [0.29, 0.717) is 10.5 Å². The number of methoxy groups -OCH3 is 1. The molecule has 0 saturated carbocycles. The molecule has 1 N–H and O–H groups in total. The summed E-state index contributed by atoms with van der Waals surface area (Å²) in [6.45, 7) is -0.229. The highest BCUT2D eigenvalue weighted by molar-refractivity contribution is 7.07. The highest BCUT2D eigenvalue weighted by Gasteiger charge is 2.13. The minimum atomic E-state index is -0.395. The number of aromatic nitrogens is 3. The molecule has 0 spiro atoms. The van der Waals surface area contributed by atoms with E-state index in [-0.39, 0.29) is 12.1 Å². The van der Waals surface area contributed by atoms with Crippen LogP contribution in [0.4, 0.5) is 0 Å². The Balaban J connectivity index is 1.60. The van der Waals surface area contributed by atoms with E-state index in [1.54, 1.807) is 24.9 Å². The summed E-state index contributed by atoms with van der Waals surface area (Å²) >= 11 is 1.40. The number of carbonyl (C=O) groups excluding carboxylic acids is 1. The fourth-order valence-corrected chi connectivity index (χ4v) is 3.97. The summed E-state index contributed by atoms with van der Waals surface area (Å²) in [5, 5.41) is 6.26. The summed E-state index contributed by atoms with van der Waals surface area (Å²) in [4.78, 5) is 30.0. The molecule has 2 heterocycles. The maximum Gasteiger partial charge on any atom is 0.267 e. The number of rotatable bonds is 6. The van der Waals surface area contributed by atoms with Crippen molar-refractivity contribution in [1.82, 2.24) is 14.5 Å². The number of amides is 1. The summed E-state index contributed by atoms with van der Waals surface area (Å²) in [5.74, 6) is 0.344. The van der Waals surface area contributed by atoms with Gasteiger partial charge in [-0.1, -0.05) is 30.3 Å². The van der Waals surface area contributed by atoms with Crippen molar-refractivity contribution in [3.63, 3.8) is 0 Å². The van der Waals surface area contributed by atoms with Crippen LogP contribution < -0.4 is 20.5 Å². The first-order valence-corrected chi connectivity index (χ1v) is 10.7. The van der Waals surface area contributed by atoms with Crippen molar-refractivity contribution in [3.8, 4) is 28.3 Å². The first-order valence-electron chi connectivity index (χ1n) is 9.80. The Morgan fingerprint density at radius 3 is 2.50 bits per heavy atom. The Bertz CT molecular complexity index is 1350. The Morgan fingerprint density at radius 2 is 1.81 bits per heavy atom. The summed E-state index contributed by atoms with van der Waals surface area (Å²) in [7, 11) is 3.26. The fourth-order valence-electron chi connectivity index (χ4n) is 3.16. The number of ether oxygens (including phenoxy) is 1. The zero-order chi connectivity index (χ0) is 22.5. The van der Waals surface area contributed by atoms with Crippen molar-refractivity contribution in [3.05, 3.63) is 87.3 Å². The first-order chi connectivity index (χ1) is 15.6. The lowest BCUT2D eigenvalue weighted by Crippen LogP contribution is -2.36. The topological polar surface area (TPSA) is 90.5 Å². The highest BCUT2D eigenvalue weighted by Crippen LogP contribution is 2.22. The van der Waals surface area contributed by atoms with E-state index in [1.165, 1.54) is 17.4 Å². The van der Waals surface area contributed by atoms with Crippen LogP contribution in [-0.2, 0) is 11.3 Å². The second kappa shape index (κ2) is 9.44. The van der Waals surface area contributed by atoms with Gasteiger partial charge in [0.15, 0.2) is 0 Å². The molecule has 0 aliphatic carbocycles. The number of nitrogens with one attached hydrogen (secondary N) is 1. The van der Waals surface area contributed by atoms with Gasteiger partial charge in [0.25, 0.3) is 11.5 Å². The van der Waals surface area contributed by atoms with E-state index in [2.05, 4.69) is 15.5 Å². The summed E-state index contributed by atoms with van der Waals surface area (Å²) in [5.41, 5.74) is 5.61. The van der Waals surface area contributed by atoms with Crippen LogP contribution in [-0.4, -0.2) is 34.5 Å². The quantitative estimate of drug-likeness (QED) is 0.492. The van der Waals surface area contributed by atoms with Gasteiger partial charge in [-0.15, -0.1) is 11.3 Å². The molecule has 2 aromatic carbocycles. The molecule has 0 aliphatic heterocycles. The van der Waals surface area contributed by atoms with Crippen molar-refractivity contribution in [2.75, 3.05) is 19.6 Å². The molecular formula is C23H21N5O3S. The van der Waals surface area contributed by atoms with E-state index in [4.69, 9.17) is 4.74 Å². The maximum atomic E-state index is 12.8. The average molecular weight is 448 g/mol. The van der Waals surface area contributed by atoms with E-state index >= 15 is 0 Å². The number of hydrogen-bond donors (Lipinski definition) is 1. The van der Waals surface area contributed by atoms with Crippen molar-refractivity contribution in [2.24, 2.45) is 4.99 Å². The van der Waals surface area contributed by atoms with Gasteiger partial charge in [0.2, 0.25) is 4.80 Å². The van der Waals surface area contributed by atoms with E-state index < -0.39 is 5.91 Å². The molecule has 9 heteroatoms. The molecule has 4 aromatic rings. The van der Waals surface area contributed by atoms with Gasteiger partial charge >= 0.3 is 0 Å². The molecular weight excluding hydrogens is 426 g/mol. The SMILES string of the molecule is CN=c1scc(-c2ccc(OC)cc2)n1NC(=O)Cn1nc(-c2ccccc2)ccc1=O. The second-order valence-electron chi connectivity index (χ2n) is 6.81. The minimum Gasteiger partial charge on any atom is -0.497 e. The lowest BCUT2D eigenvalue weighted by Gasteiger charge is -2.12. The monoisotopic (exact) mass is 447 g/mol. The van der Waals surface area contributed by atoms with Gasteiger partial charge in [0, 0.05) is 29.6 Å². The Kier molecular flexibility index (Phi) is 6.27. The molecule has 1 amide bonds. The molecule has 0 fully saturated rings. The predicted octanol–water partition coefficient (Wildman–Crippen LogP) is 2.75. The number of carbonyl (C=O) groups is 1. The Labute approximate surface area is 188 Å². The van der Waals surface area contributed by atoms with Gasteiger partial charge < -0.3 is 4.74 Å². The van der Waals surface area contributed by atoms with Crippen LogP contribution in [0.15, 0.2) is 81.9 Å². The van der Waals surface area contributed by atoms with E-state index in [0.717, 1.165) is 27.3 Å². The normalized spacial score (nSPS) is 11.4. The van der Waals surface area contributed by atoms with E-state index in [9.17, 15) is 9.59 Å². The van der Waals surface area contributed by atoms with Crippen LogP contribution in [0, 0.1) is 0 Å². The average Bonchev–Trinajstić information content (AvgIpc) is 3.23. The lowest BCUT2D eigenvalue weighted by atomic mass is 10.1. The Hall–Kier alpha value is -3.98. The molecule has 0 radical (unpaired) electrons. The summed E-state index contributed by atoms with van der Waals surface area (Å²) in [6, 6.07) is 20.0. The third-order valence-electron chi connectivity index (χ3n) is 4.75. The van der Waals surface area contributed by atoms with Crippen LogP contribution in [0.3, 0.4) is 0 Å². The molecule has 4 rings (SSSR count). The van der Waals surface area contributed by atoms with Crippen LogP contribution in [0.2, 0.25) is 0 Å². The van der Waals surface area contributed by atoms with Gasteiger partial charge in [0.05, 0.1) is 18.5 Å². The smallest absolute Gasteiger partial charge is 0.267 e. The maximum absolute atomic E-state index is 12.8. The zero-order valence-corrected chi connectivity index (χ0v) is 18.4. The van der Waals surface area contributed by atoms with Gasteiger partial charge in [-0.25, -0.2) is 9.36 Å². The van der Waals surface area contributed by atoms with Crippen molar-refractivity contribution in [1.29, 1.82) is 0 Å². The van der Waals surface area contributed by atoms with Crippen molar-refractivity contribution < 1.29 is 9.53 Å². The summed E-state index contributed by atoms with van der Waals surface area (Å²) in [6.07, 6.45) is 0. The third-order valence-corrected chi connectivity index (χ3v) is 5.67. The molecule has 8 nitrogen and oxygen atoms in total. The largest absolute Gasteiger partial charge is 0.497 e. The molecule has 0 aliphatic rings. The molecule has 0 saturated heterocycles. The van der Waals surface area contributed by atoms with Crippen molar-refractivity contribution in [2.45, 2.75) is 6.54 Å². The van der Waals surface area contributed by atoms with E-state index in [1.807, 2.05) is 60.0 Å². The number of thiazole rings is 1. The second-order valence-corrected chi connectivity index (χ2v) is 7.64. The summed E-state index contributed by atoms with van der Waals surface area (Å²) < 4.78 is 7.98. The van der Waals surface area contributed by atoms with Crippen LogP contribution in [0.5, 0.6) is 5.75 Å². The fraction of sp³-hybridized carbons (Fsp3) is 0.130. The van der Waals surface area contributed by atoms with Gasteiger partial charge in [0.1, 0.15) is 12.3 Å².